The Morgan fingerprint density at radius 1 is 1.22 bits per heavy atom. The fraction of sp³-hybridized carbons (Fsp3) is 0.375. The second-order valence-corrected chi connectivity index (χ2v) is 8.25. The fourth-order valence-corrected chi connectivity index (χ4v) is 4.41. The smallest absolute Gasteiger partial charge is 0.312 e. The Morgan fingerprint density at radius 3 is 2.69 bits per heavy atom. The van der Waals surface area contributed by atoms with Crippen molar-refractivity contribution < 1.29 is 23.9 Å². The molecule has 2 amide bonds. The quantitative estimate of drug-likeness (QED) is 0.696. The van der Waals surface area contributed by atoms with Crippen LogP contribution in [0.3, 0.4) is 0 Å². The van der Waals surface area contributed by atoms with E-state index in [9.17, 15) is 14.4 Å². The van der Waals surface area contributed by atoms with Crippen molar-refractivity contribution >= 4 is 23.5 Å². The van der Waals surface area contributed by atoms with Gasteiger partial charge in [0, 0.05) is 32.2 Å². The molecule has 2 atom stereocenters. The molecule has 0 bridgehead atoms. The van der Waals surface area contributed by atoms with Crippen LogP contribution >= 0.6 is 0 Å². The van der Waals surface area contributed by atoms with E-state index in [1.54, 1.807) is 25.1 Å². The Balaban J connectivity index is 1.55. The largest absolute Gasteiger partial charge is 0.490 e. The van der Waals surface area contributed by atoms with Gasteiger partial charge in [-0.1, -0.05) is 24.3 Å². The highest BCUT2D eigenvalue weighted by atomic mass is 16.5. The van der Waals surface area contributed by atoms with Gasteiger partial charge in [0.25, 0.3) is 5.91 Å². The van der Waals surface area contributed by atoms with Crippen molar-refractivity contribution in [1.29, 1.82) is 0 Å². The molecule has 2 N–H and O–H groups in total. The van der Waals surface area contributed by atoms with E-state index in [0.29, 0.717) is 30.9 Å². The monoisotopic (exact) mass is 437 g/mol. The molecular weight excluding hydrogens is 410 g/mol. The number of hydrogen-bond acceptors (Lipinski definition) is 6. The van der Waals surface area contributed by atoms with E-state index in [-0.39, 0.29) is 31.0 Å². The van der Waals surface area contributed by atoms with Gasteiger partial charge >= 0.3 is 5.97 Å². The molecule has 32 heavy (non-hydrogen) atoms. The maximum atomic E-state index is 13.0. The van der Waals surface area contributed by atoms with Crippen LogP contribution in [0, 0.1) is 5.92 Å². The average molecular weight is 437 g/mol. The molecule has 1 fully saturated rings. The second kappa shape index (κ2) is 9.00. The van der Waals surface area contributed by atoms with E-state index in [0.717, 1.165) is 11.3 Å². The first-order valence-corrected chi connectivity index (χ1v) is 10.7. The number of para-hydroxylation sites is 1. The third kappa shape index (κ3) is 4.45. The first-order valence-electron chi connectivity index (χ1n) is 10.7. The number of amides is 2. The molecule has 4 rings (SSSR count). The Hall–Kier alpha value is -3.39. The number of rotatable bonds is 5. The lowest BCUT2D eigenvalue weighted by molar-refractivity contribution is -0.150. The molecule has 1 saturated heterocycles. The molecule has 2 aromatic carbocycles. The minimum atomic E-state index is -0.890. The van der Waals surface area contributed by atoms with Gasteiger partial charge in [0.15, 0.2) is 0 Å². The Bertz CT molecular complexity index is 1020. The molecule has 2 aliphatic heterocycles. The van der Waals surface area contributed by atoms with E-state index in [1.165, 1.54) is 6.92 Å². The molecule has 1 spiro atoms. The molecular formula is C24H27N3O5. The van der Waals surface area contributed by atoms with Crippen molar-refractivity contribution in [2.75, 3.05) is 31.6 Å². The standard InChI is InChI=1S/C24H27N3O5/c1-3-31-23(30)20-13-27(12-17-8-10-18(11-9-17)25-16(2)28)14-24(20)15-32-21-7-5-4-6-19(21)22(29)26-24/h4-11,20H,3,12-15H2,1-2H3,(H,25,28)(H,26,29)/t20-,24-/m0/s1. The van der Waals surface area contributed by atoms with Gasteiger partial charge in [-0.25, -0.2) is 0 Å². The summed E-state index contributed by atoms with van der Waals surface area (Å²) in [6.07, 6.45) is 0. The number of esters is 1. The minimum absolute atomic E-state index is 0.124. The maximum Gasteiger partial charge on any atom is 0.312 e. The molecule has 8 heteroatoms. The Kier molecular flexibility index (Phi) is 6.14. The van der Waals surface area contributed by atoms with E-state index < -0.39 is 11.5 Å². The van der Waals surface area contributed by atoms with Crippen LogP contribution in [0.1, 0.15) is 29.8 Å². The van der Waals surface area contributed by atoms with Gasteiger partial charge in [0.2, 0.25) is 5.91 Å². The third-order valence-corrected chi connectivity index (χ3v) is 5.84. The van der Waals surface area contributed by atoms with Crippen LogP contribution in [-0.4, -0.2) is 54.5 Å². The molecule has 0 aromatic heterocycles. The zero-order chi connectivity index (χ0) is 22.7. The van der Waals surface area contributed by atoms with Crippen LogP contribution in [0.25, 0.3) is 0 Å². The minimum Gasteiger partial charge on any atom is -0.490 e. The summed E-state index contributed by atoms with van der Waals surface area (Å²) >= 11 is 0. The van der Waals surface area contributed by atoms with Crippen LogP contribution < -0.4 is 15.4 Å². The number of ether oxygens (including phenoxy) is 2. The Morgan fingerprint density at radius 2 is 1.97 bits per heavy atom. The Labute approximate surface area is 186 Å². The van der Waals surface area contributed by atoms with Gasteiger partial charge in [-0.2, -0.15) is 0 Å². The lowest BCUT2D eigenvalue weighted by atomic mass is 9.87. The molecule has 2 heterocycles. The lowest BCUT2D eigenvalue weighted by Gasteiger charge is -2.32. The summed E-state index contributed by atoms with van der Waals surface area (Å²) in [7, 11) is 0. The third-order valence-electron chi connectivity index (χ3n) is 5.84. The summed E-state index contributed by atoms with van der Waals surface area (Å²) < 4.78 is 11.4. The number of carbonyl (C=O) groups excluding carboxylic acids is 3. The van der Waals surface area contributed by atoms with Crippen molar-refractivity contribution in [2.24, 2.45) is 5.92 Å². The predicted octanol–water partition coefficient (Wildman–Crippen LogP) is 2.20. The molecule has 168 valence electrons. The normalized spacial score (nSPS) is 22.4. The van der Waals surface area contributed by atoms with Crippen LogP contribution in [-0.2, 0) is 20.9 Å². The molecule has 2 aromatic rings. The topological polar surface area (TPSA) is 97.0 Å². The summed E-state index contributed by atoms with van der Waals surface area (Å²) in [6.45, 7) is 5.15. The van der Waals surface area contributed by atoms with Crippen LogP contribution in [0.15, 0.2) is 48.5 Å². The molecule has 0 radical (unpaired) electrons. The molecule has 2 aliphatic rings. The van der Waals surface area contributed by atoms with Crippen molar-refractivity contribution in [3.63, 3.8) is 0 Å². The highest BCUT2D eigenvalue weighted by molar-refractivity contribution is 5.98. The number of carbonyl (C=O) groups is 3. The maximum absolute atomic E-state index is 13.0. The van der Waals surface area contributed by atoms with Crippen LogP contribution in [0.4, 0.5) is 5.69 Å². The highest BCUT2D eigenvalue weighted by Crippen LogP contribution is 2.34. The summed E-state index contributed by atoms with van der Waals surface area (Å²) in [5.74, 6) is -0.766. The number of hydrogen-bond donors (Lipinski definition) is 2. The van der Waals surface area contributed by atoms with E-state index in [2.05, 4.69) is 15.5 Å². The van der Waals surface area contributed by atoms with Crippen LogP contribution in [0.5, 0.6) is 5.75 Å². The van der Waals surface area contributed by atoms with Crippen molar-refractivity contribution in [3.05, 3.63) is 59.7 Å². The van der Waals surface area contributed by atoms with Gasteiger partial charge in [0.05, 0.1) is 18.1 Å². The molecule has 0 aliphatic carbocycles. The SMILES string of the molecule is CCOC(=O)[C@@H]1CN(Cc2ccc(NC(C)=O)cc2)C[C@]12COc1ccccc1C(=O)N2. The van der Waals surface area contributed by atoms with E-state index in [1.807, 2.05) is 30.3 Å². The van der Waals surface area contributed by atoms with Gasteiger partial charge in [-0.15, -0.1) is 0 Å². The summed E-state index contributed by atoms with van der Waals surface area (Å²) in [4.78, 5) is 39.2. The van der Waals surface area contributed by atoms with Crippen molar-refractivity contribution in [3.8, 4) is 5.75 Å². The van der Waals surface area contributed by atoms with Gasteiger partial charge in [-0.05, 0) is 36.8 Å². The number of likely N-dealkylation sites (tertiary alicyclic amines) is 1. The van der Waals surface area contributed by atoms with E-state index >= 15 is 0 Å². The summed E-state index contributed by atoms with van der Waals surface area (Å²) in [5, 5.41) is 5.84. The van der Waals surface area contributed by atoms with E-state index in [4.69, 9.17) is 9.47 Å². The highest BCUT2D eigenvalue weighted by Gasteiger charge is 2.53. The molecule has 0 saturated carbocycles. The number of nitrogens with zero attached hydrogens (tertiary/aromatic N) is 1. The number of benzene rings is 2. The number of nitrogens with one attached hydrogen (secondary N) is 2. The van der Waals surface area contributed by atoms with Gasteiger partial charge in [-0.3, -0.25) is 19.3 Å². The zero-order valence-electron chi connectivity index (χ0n) is 18.2. The summed E-state index contributed by atoms with van der Waals surface area (Å²) in [6, 6.07) is 14.6. The fourth-order valence-electron chi connectivity index (χ4n) is 4.41. The average Bonchev–Trinajstić information content (AvgIpc) is 3.04. The second-order valence-electron chi connectivity index (χ2n) is 8.25. The van der Waals surface area contributed by atoms with Gasteiger partial charge < -0.3 is 20.1 Å². The number of fused-ring (bicyclic) bond motifs is 1. The first kappa shape index (κ1) is 21.8. The lowest BCUT2D eigenvalue weighted by Crippen LogP contribution is -2.59. The van der Waals surface area contributed by atoms with Crippen molar-refractivity contribution in [2.45, 2.75) is 25.9 Å². The zero-order valence-corrected chi connectivity index (χ0v) is 18.2. The van der Waals surface area contributed by atoms with Crippen molar-refractivity contribution in [1.82, 2.24) is 10.2 Å². The van der Waals surface area contributed by atoms with Gasteiger partial charge in [0.1, 0.15) is 17.9 Å². The summed E-state index contributed by atoms with van der Waals surface area (Å²) in [5.41, 5.74) is 1.33. The molecule has 0 unspecified atom stereocenters. The number of anilines is 1. The first-order chi connectivity index (χ1) is 15.4. The molecule has 8 nitrogen and oxygen atoms in total. The predicted molar refractivity (Wildman–Crippen MR) is 118 cm³/mol. The van der Waals surface area contributed by atoms with Crippen LogP contribution in [0.2, 0.25) is 0 Å².